The van der Waals surface area contributed by atoms with E-state index in [1.165, 1.54) is 23.1 Å². The summed E-state index contributed by atoms with van der Waals surface area (Å²) in [7, 11) is 1.56. The Bertz CT molecular complexity index is 1320. The van der Waals surface area contributed by atoms with Crippen LogP contribution in [0.2, 0.25) is 0 Å². The lowest BCUT2D eigenvalue weighted by atomic mass is 10.0. The normalized spacial score (nSPS) is 12.3. The first kappa shape index (κ1) is 24.6. The quantitative estimate of drug-likeness (QED) is 0.320. The predicted molar refractivity (Wildman–Crippen MR) is 137 cm³/mol. The van der Waals surface area contributed by atoms with Crippen molar-refractivity contribution in [2.75, 3.05) is 36.2 Å². The largest absolute Gasteiger partial charge is 0.385 e. The second kappa shape index (κ2) is 10.8. The summed E-state index contributed by atoms with van der Waals surface area (Å²) in [6.07, 6.45) is 0.530. The molecule has 0 saturated heterocycles. The zero-order valence-electron chi connectivity index (χ0n) is 20.0. The van der Waals surface area contributed by atoms with Crippen molar-refractivity contribution in [3.63, 3.8) is 0 Å². The number of benzene rings is 3. The topological polar surface area (TPSA) is 117 Å². The third kappa shape index (κ3) is 5.42. The first-order chi connectivity index (χ1) is 17.4. The number of fused-ring (bicyclic) bond motifs is 1. The number of hydrogen-bond acceptors (Lipinski definition) is 5. The van der Waals surface area contributed by atoms with Crippen molar-refractivity contribution in [1.29, 1.82) is 0 Å². The second-order valence-electron chi connectivity index (χ2n) is 8.30. The van der Waals surface area contributed by atoms with Crippen LogP contribution in [-0.4, -0.2) is 48.9 Å². The molecule has 0 unspecified atom stereocenters. The number of ether oxygens (including phenoxy) is 1. The Kier molecular flexibility index (Phi) is 7.41. The maximum absolute atomic E-state index is 13.0. The SMILES string of the molecule is COCCCN1C(=O)c2ccc(C(=O)Nc3cc(NC(=O)Nc4ccccc4)ccc3C)cc2C1=O. The summed E-state index contributed by atoms with van der Waals surface area (Å²) in [5, 5.41) is 8.30. The Morgan fingerprint density at radius 2 is 1.56 bits per heavy atom. The number of nitrogens with zero attached hydrogens (tertiary/aromatic N) is 1. The summed E-state index contributed by atoms with van der Waals surface area (Å²) in [4.78, 5) is 51.8. The standard InChI is InChI=1S/C27H26N4O5/c1-17-9-11-20(29-27(35)28-19-7-4-3-5-8-19)16-23(17)30-24(32)18-10-12-21-22(15-18)26(34)31(25(21)33)13-6-14-36-2/h3-5,7-12,15-16H,6,13-14H2,1-2H3,(H,30,32)(H2,28,29,35). The number of urea groups is 1. The molecule has 0 bridgehead atoms. The van der Waals surface area contributed by atoms with Crippen LogP contribution >= 0.6 is 0 Å². The number of rotatable bonds is 8. The summed E-state index contributed by atoms with van der Waals surface area (Å²) in [5.74, 6) is -1.24. The highest BCUT2D eigenvalue weighted by Crippen LogP contribution is 2.26. The molecule has 9 heteroatoms. The van der Waals surface area contributed by atoms with Gasteiger partial charge in [-0.1, -0.05) is 24.3 Å². The molecule has 0 atom stereocenters. The van der Waals surface area contributed by atoms with E-state index in [1.54, 1.807) is 37.4 Å². The third-order valence-corrected chi connectivity index (χ3v) is 5.74. The van der Waals surface area contributed by atoms with Crippen molar-refractivity contribution in [2.45, 2.75) is 13.3 Å². The molecule has 5 amide bonds. The molecule has 1 aliphatic heterocycles. The summed E-state index contributed by atoms with van der Waals surface area (Å²) in [5.41, 5.74) is 3.16. The molecule has 0 aliphatic carbocycles. The minimum absolute atomic E-state index is 0.204. The van der Waals surface area contributed by atoms with Gasteiger partial charge in [-0.05, 0) is 61.4 Å². The fraction of sp³-hybridized carbons (Fsp3) is 0.185. The lowest BCUT2D eigenvalue weighted by molar-refractivity contribution is 0.0638. The lowest BCUT2D eigenvalue weighted by Crippen LogP contribution is -2.31. The molecule has 4 rings (SSSR count). The predicted octanol–water partition coefficient (Wildman–Crippen LogP) is 4.52. The van der Waals surface area contributed by atoms with E-state index in [1.807, 2.05) is 25.1 Å². The van der Waals surface area contributed by atoms with Gasteiger partial charge in [0.2, 0.25) is 0 Å². The molecule has 9 nitrogen and oxygen atoms in total. The highest BCUT2D eigenvalue weighted by Gasteiger charge is 2.35. The van der Waals surface area contributed by atoms with Gasteiger partial charge in [0.05, 0.1) is 11.1 Å². The molecule has 36 heavy (non-hydrogen) atoms. The number of para-hydroxylation sites is 1. The second-order valence-corrected chi connectivity index (χ2v) is 8.30. The van der Waals surface area contributed by atoms with Crippen molar-refractivity contribution in [2.24, 2.45) is 0 Å². The molecule has 3 aromatic rings. The van der Waals surface area contributed by atoms with Crippen LogP contribution in [0, 0.1) is 6.92 Å². The van der Waals surface area contributed by atoms with Crippen molar-refractivity contribution < 1.29 is 23.9 Å². The van der Waals surface area contributed by atoms with Gasteiger partial charge >= 0.3 is 6.03 Å². The maximum atomic E-state index is 13.0. The lowest BCUT2D eigenvalue weighted by Gasteiger charge is -2.13. The number of hydrogen-bond donors (Lipinski definition) is 3. The minimum Gasteiger partial charge on any atom is -0.385 e. The Labute approximate surface area is 208 Å². The Morgan fingerprint density at radius 3 is 2.31 bits per heavy atom. The highest BCUT2D eigenvalue weighted by atomic mass is 16.5. The van der Waals surface area contributed by atoms with Gasteiger partial charge in [0.1, 0.15) is 0 Å². The van der Waals surface area contributed by atoms with E-state index < -0.39 is 17.8 Å². The van der Waals surface area contributed by atoms with Crippen LogP contribution in [0.1, 0.15) is 43.1 Å². The van der Waals surface area contributed by atoms with Gasteiger partial charge in [-0.2, -0.15) is 0 Å². The summed E-state index contributed by atoms with van der Waals surface area (Å²) >= 11 is 0. The molecule has 1 aliphatic rings. The number of amides is 5. The number of anilines is 3. The molecule has 184 valence electrons. The van der Waals surface area contributed by atoms with Crippen LogP contribution in [0.15, 0.2) is 66.7 Å². The number of carbonyl (C=O) groups is 4. The molecule has 1 heterocycles. The van der Waals surface area contributed by atoms with Gasteiger partial charge in [0.25, 0.3) is 17.7 Å². The van der Waals surface area contributed by atoms with Gasteiger partial charge in [0, 0.05) is 42.9 Å². The van der Waals surface area contributed by atoms with E-state index in [9.17, 15) is 19.2 Å². The first-order valence-corrected chi connectivity index (χ1v) is 11.4. The van der Waals surface area contributed by atoms with Crippen LogP contribution in [0.5, 0.6) is 0 Å². The monoisotopic (exact) mass is 486 g/mol. The molecule has 0 spiro atoms. The average molecular weight is 487 g/mol. The molecule has 0 aromatic heterocycles. The summed E-state index contributed by atoms with van der Waals surface area (Å²) in [6, 6.07) is 18.2. The smallest absolute Gasteiger partial charge is 0.323 e. The van der Waals surface area contributed by atoms with E-state index >= 15 is 0 Å². The number of carbonyl (C=O) groups excluding carboxylic acids is 4. The highest BCUT2D eigenvalue weighted by molar-refractivity contribution is 6.22. The van der Waals surface area contributed by atoms with Gasteiger partial charge in [-0.25, -0.2) is 4.79 Å². The summed E-state index contributed by atoms with van der Waals surface area (Å²) in [6.45, 7) is 2.51. The van der Waals surface area contributed by atoms with Gasteiger partial charge in [-0.15, -0.1) is 0 Å². The van der Waals surface area contributed by atoms with Crippen LogP contribution in [0.3, 0.4) is 0 Å². The number of imide groups is 1. The van der Waals surface area contributed by atoms with Gasteiger partial charge in [-0.3, -0.25) is 19.3 Å². The third-order valence-electron chi connectivity index (χ3n) is 5.74. The fourth-order valence-corrected chi connectivity index (χ4v) is 3.85. The number of methoxy groups -OCH3 is 1. The summed E-state index contributed by atoms with van der Waals surface area (Å²) < 4.78 is 4.99. The Balaban J connectivity index is 1.45. The Morgan fingerprint density at radius 1 is 0.833 bits per heavy atom. The molecular weight excluding hydrogens is 460 g/mol. The molecule has 3 N–H and O–H groups in total. The van der Waals surface area contributed by atoms with E-state index in [4.69, 9.17) is 4.74 Å². The van der Waals surface area contributed by atoms with Crippen LogP contribution < -0.4 is 16.0 Å². The Hall–Kier alpha value is -4.50. The van der Waals surface area contributed by atoms with Crippen molar-refractivity contribution in [3.05, 3.63) is 89.0 Å². The molecular formula is C27H26N4O5. The zero-order valence-corrected chi connectivity index (χ0v) is 20.0. The van der Waals surface area contributed by atoms with E-state index in [2.05, 4.69) is 16.0 Å². The minimum atomic E-state index is -0.440. The molecule has 0 fully saturated rings. The fourth-order valence-electron chi connectivity index (χ4n) is 3.85. The van der Waals surface area contributed by atoms with Crippen LogP contribution in [0.4, 0.5) is 21.9 Å². The number of aryl methyl sites for hydroxylation is 1. The van der Waals surface area contributed by atoms with E-state index in [-0.39, 0.29) is 29.1 Å². The molecule has 0 radical (unpaired) electrons. The van der Waals surface area contributed by atoms with Gasteiger partial charge in [0.15, 0.2) is 0 Å². The van der Waals surface area contributed by atoms with Crippen molar-refractivity contribution >= 4 is 40.8 Å². The van der Waals surface area contributed by atoms with Crippen molar-refractivity contribution in [3.8, 4) is 0 Å². The zero-order chi connectivity index (χ0) is 25.7. The van der Waals surface area contributed by atoms with Crippen LogP contribution in [0.25, 0.3) is 0 Å². The van der Waals surface area contributed by atoms with Crippen molar-refractivity contribution in [1.82, 2.24) is 4.90 Å². The first-order valence-electron chi connectivity index (χ1n) is 11.4. The van der Waals surface area contributed by atoms with E-state index in [0.29, 0.717) is 30.1 Å². The molecule has 3 aromatic carbocycles. The van der Waals surface area contributed by atoms with Crippen LogP contribution in [-0.2, 0) is 4.74 Å². The average Bonchev–Trinajstić information content (AvgIpc) is 3.11. The number of nitrogens with one attached hydrogen (secondary N) is 3. The van der Waals surface area contributed by atoms with E-state index in [0.717, 1.165) is 5.56 Å². The maximum Gasteiger partial charge on any atom is 0.323 e. The molecule has 0 saturated carbocycles. The van der Waals surface area contributed by atoms with Gasteiger partial charge < -0.3 is 20.7 Å².